The molecule has 1 fully saturated rings. The second-order valence-corrected chi connectivity index (χ2v) is 5.91. The van der Waals surface area contributed by atoms with Crippen LogP contribution in [0.15, 0.2) is 12.4 Å². The third-order valence-electron chi connectivity index (χ3n) is 3.04. The fourth-order valence-electron chi connectivity index (χ4n) is 2.22. The number of anilines is 1. The summed E-state index contributed by atoms with van der Waals surface area (Å²) >= 11 is 7.57. The van der Waals surface area contributed by atoms with E-state index in [2.05, 4.69) is 27.9 Å². The van der Waals surface area contributed by atoms with Gasteiger partial charge < -0.3 is 9.64 Å². The van der Waals surface area contributed by atoms with Gasteiger partial charge in [0.2, 0.25) is 0 Å². The first-order chi connectivity index (χ1) is 8.78. The third-order valence-corrected chi connectivity index (χ3v) is 4.34. The largest absolute Gasteiger partial charge is 0.373 e. The van der Waals surface area contributed by atoms with E-state index in [4.69, 9.17) is 16.3 Å². The van der Waals surface area contributed by atoms with E-state index in [1.807, 2.05) is 0 Å². The zero-order valence-electron chi connectivity index (χ0n) is 10.1. The molecule has 3 heterocycles. The van der Waals surface area contributed by atoms with Gasteiger partial charge in [0.25, 0.3) is 0 Å². The van der Waals surface area contributed by atoms with E-state index in [0.29, 0.717) is 12.5 Å². The van der Waals surface area contributed by atoms with Crippen molar-refractivity contribution < 1.29 is 4.74 Å². The van der Waals surface area contributed by atoms with Gasteiger partial charge >= 0.3 is 0 Å². The van der Waals surface area contributed by atoms with Crippen molar-refractivity contribution in [2.75, 3.05) is 30.5 Å². The van der Waals surface area contributed by atoms with Crippen molar-refractivity contribution in [1.82, 2.24) is 9.97 Å². The van der Waals surface area contributed by atoms with Crippen LogP contribution in [-0.2, 0) is 4.74 Å². The number of rotatable bonds is 2. The van der Waals surface area contributed by atoms with Crippen LogP contribution >= 0.6 is 22.9 Å². The third kappa shape index (κ3) is 2.18. The number of thiophene rings is 1. The van der Waals surface area contributed by atoms with Gasteiger partial charge in [0, 0.05) is 18.0 Å². The molecular formula is C12H14ClN3OS. The fraction of sp³-hybridized carbons (Fsp3) is 0.500. The van der Waals surface area contributed by atoms with Crippen LogP contribution in [0, 0.1) is 6.92 Å². The van der Waals surface area contributed by atoms with Gasteiger partial charge in [0.05, 0.1) is 24.0 Å². The summed E-state index contributed by atoms with van der Waals surface area (Å²) < 4.78 is 5.58. The van der Waals surface area contributed by atoms with Crippen LogP contribution in [0.25, 0.3) is 10.2 Å². The predicted molar refractivity (Wildman–Crippen MR) is 74.8 cm³/mol. The van der Waals surface area contributed by atoms with Crippen molar-refractivity contribution >= 4 is 39.0 Å². The number of aryl methyl sites for hydroxylation is 1. The summed E-state index contributed by atoms with van der Waals surface area (Å²) in [6, 6.07) is 2.15. The Balaban J connectivity index is 1.98. The highest BCUT2D eigenvalue weighted by molar-refractivity contribution is 7.18. The lowest BCUT2D eigenvalue weighted by Gasteiger charge is -2.33. The molecule has 1 aliphatic rings. The van der Waals surface area contributed by atoms with Crippen LogP contribution in [0.2, 0.25) is 0 Å². The molecule has 4 nitrogen and oxygen atoms in total. The van der Waals surface area contributed by atoms with Crippen molar-refractivity contribution in [2.24, 2.45) is 0 Å². The minimum Gasteiger partial charge on any atom is -0.373 e. The fourth-order valence-corrected chi connectivity index (χ4v) is 3.25. The van der Waals surface area contributed by atoms with Crippen molar-refractivity contribution in [3.63, 3.8) is 0 Å². The molecule has 2 aromatic rings. The van der Waals surface area contributed by atoms with Gasteiger partial charge in [-0.25, -0.2) is 9.97 Å². The first-order valence-electron chi connectivity index (χ1n) is 5.91. The van der Waals surface area contributed by atoms with E-state index >= 15 is 0 Å². The molecule has 3 rings (SSSR count). The molecule has 1 atom stereocenters. The van der Waals surface area contributed by atoms with Crippen LogP contribution in [0.1, 0.15) is 4.88 Å². The van der Waals surface area contributed by atoms with Crippen LogP contribution < -0.4 is 4.90 Å². The second-order valence-electron chi connectivity index (χ2n) is 4.37. The average Bonchev–Trinajstić information content (AvgIpc) is 2.78. The van der Waals surface area contributed by atoms with Gasteiger partial charge in [-0.2, -0.15) is 0 Å². The summed E-state index contributed by atoms with van der Waals surface area (Å²) in [5.74, 6) is 1.52. The normalized spacial score (nSPS) is 20.6. The number of hydrogen-bond donors (Lipinski definition) is 0. The number of aromatic nitrogens is 2. The lowest BCUT2D eigenvalue weighted by molar-refractivity contribution is 0.0553. The standard InChI is InChI=1S/C12H14ClN3OS/c1-8-4-10-11(14-7-15-12(10)18-8)16-2-3-17-9(5-13)6-16/h4,7,9H,2-3,5-6H2,1H3. The first-order valence-corrected chi connectivity index (χ1v) is 7.26. The zero-order valence-corrected chi connectivity index (χ0v) is 11.7. The van der Waals surface area contributed by atoms with E-state index in [1.165, 1.54) is 4.88 Å². The molecule has 1 unspecified atom stereocenters. The highest BCUT2D eigenvalue weighted by Crippen LogP contribution is 2.30. The Labute approximate surface area is 115 Å². The minimum absolute atomic E-state index is 0.0881. The average molecular weight is 284 g/mol. The van der Waals surface area contributed by atoms with E-state index in [9.17, 15) is 0 Å². The number of fused-ring (bicyclic) bond motifs is 1. The van der Waals surface area contributed by atoms with Crippen molar-refractivity contribution in [1.29, 1.82) is 0 Å². The smallest absolute Gasteiger partial charge is 0.140 e. The molecule has 1 aliphatic heterocycles. The summed E-state index contributed by atoms with van der Waals surface area (Å²) in [5, 5.41) is 1.13. The Morgan fingerprint density at radius 1 is 1.56 bits per heavy atom. The minimum atomic E-state index is 0.0881. The van der Waals surface area contributed by atoms with Crippen LogP contribution in [0.5, 0.6) is 0 Å². The molecular weight excluding hydrogens is 270 g/mol. The van der Waals surface area contributed by atoms with Crippen LogP contribution in [-0.4, -0.2) is 41.6 Å². The topological polar surface area (TPSA) is 38.2 Å². The highest BCUT2D eigenvalue weighted by atomic mass is 35.5. The lowest BCUT2D eigenvalue weighted by atomic mass is 10.2. The molecule has 96 valence electrons. The predicted octanol–water partition coefficient (Wildman–Crippen LogP) is 2.44. The van der Waals surface area contributed by atoms with Crippen molar-refractivity contribution in [2.45, 2.75) is 13.0 Å². The molecule has 0 spiro atoms. The Kier molecular flexibility index (Phi) is 3.37. The molecule has 1 saturated heterocycles. The molecule has 0 saturated carbocycles. The first kappa shape index (κ1) is 12.1. The molecule has 0 radical (unpaired) electrons. The monoisotopic (exact) mass is 283 g/mol. The van der Waals surface area contributed by atoms with Gasteiger partial charge in [-0.05, 0) is 13.0 Å². The maximum atomic E-state index is 5.87. The SMILES string of the molecule is Cc1cc2c(N3CCOC(CCl)C3)ncnc2s1. The quantitative estimate of drug-likeness (QED) is 0.794. The molecule has 0 aliphatic carbocycles. The zero-order chi connectivity index (χ0) is 12.5. The van der Waals surface area contributed by atoms with E-state index < -0.39 is 0 Å². The summed E-state index contributed by atoms with van der Waals surface area (Å²) in [6.07, 6.45) is 1.73. The molecule has 0 N–H and O–H groups in total. The number of nitrogens with zero attached hydrogens (tertiary/aromatic N) is 3. The van der Waals surface area contributed by atoms with Gasteiger partial charge in [-0.15, -0.1) is 22.9 Å². The van der Waals surface area contributed by atoms with E-state index in [0.717, 1.165) is 29.1 Å². The molecule has 2 aromatic heterocycles. The maximum Gasteiger partial charge on any atom is 0.140 e. The van der Waals surface area contributed by atoms with Crippen molar-refractivity contribution in [3.8, 4) is 0 Å². The second kappa shape index (κ2) is 4.99. The summed E-state index contributed by atoms with van der Waals surface area (Å²) in [4.78, 5) is 13.3. The Bertz CT molecular complexity index is 559. The molecule has 0 bridgehead atoms. The molecule has 0 aromatic carbocycles. The summed E-state index contributed by atoms with van der Waals surface area (Å²) in [7, 11) is 0. The van der Waals surface area contributed by atoms with Crippen LogP contribution in [0.4, 0.5) is 5.82 Å². The Morgan fingerprint density at radius 2 is 2.44 bits per heavy atom. The Hall–Kier alpha value is -0.910. The lowest BCUT2D eigenvalue weighted by Crippen LogP contribution is -2.43. The van der Waals surface area contributed by atoms with Gasteiger partial charge in [0.15, 0.2) is 0 Å². The van der Waals surface area contributed by atoms with Gasteiger partial charge in [0.1, 0.15) is 17.0 Å². The summed E-state index contributed by atoms with van der Waals surface area (Å²) in [6.45, 7) is 4.45. The van der Waals surface area contributed by atoms with E-state index in [-0.39, 0.29) is 6.10 Å². The number of alkyl halides is 1. The summed E-state index contributed by atoms with van der Waals surface area (Å²) in [5.41, 5.74) is 0. The van der Waals surface area contributed by atoms with Crippen LogP contribution in [0.3, 0.4) is 0 Å². The molecule has 18 heavy (non-hydrogen) atoms. The number of ether oxygens (including phenoxy) is 1. The highest BCUT2D eigenvalue weighted by Gasteiger charge is 2.22. The van der Waals surface area contributed by atoms with E-state index in [1.54, 1.807) is 17.7 Å². The number of halogens is 1. The maximum absolute atomic E-state index is 5.87. The Morgan fingerprint density at radius 3 is 3.28 bits per heavy atom. The van der Waals surface area contributed by atoms with Gasteiger partial charge in [-0.3, -0.25) is 0 Å². The molecule has 0 amide bonds. The van der Waals surface area contributed by atoms with Crippen molar-refractivity contribution in [3.05, 3.63) is 17.3 Å². The number of morpholine rings is 1. The van der Waals surface area contributed by atoms with Gasteiger partial charge in [-0.1, -0.05) is 0 Å². The molecule has 6 heteroatoms. The number of hydrogen-bond acceptors (Lipinski definition) is 5.